The third-order valence-corrected chi connectivity index (χ3v) is 5.26. The first-order valence-electron chi connectivity index (χ1n) is 9.78. The topological polar surface area (TPSA) is 73.9 Å². The van der Waals surface area contributed by atoms with Gasteiger partial charge in [0, 0.05) is 31.4 Å². The van der Waals surface area contributed by atoms with Crippen LogP contribution < -0.4 is 10.2 Å². The minimum absolute atomic E-state index is 0.177. The van der Waals surface area contributed by atoms with Gasteiger partial charge in [0.2, 0.25) is 0 Å². The number of carbonyl (C=O) groups is 1. The lowest BCUT2D eigenvalue weighted by Gasteiger charge is -2.31. The van der Waals surface area contributed by atoms with Gasteiger partial charge in [0.1, 0.15) is 11.5 Å². The fourth-order valence-electron chi connectivity index (χ4n) is 3.42. The van der Waals surface area contributed by atoms with Gasteiger partial charge in [0.15, 0.2) is 0 Å². The predicted octanol–water partition coefficient (Wildman–Crippen LogP) is 3.64. The number of amides is 1. The van der Waals surface area contributed by atoms with Crippen molar-refractivity contribution in [1.82, 2.24) is 20.5 Å². The lowest BCUT2D eigenvalue weighted by molar-refractivity contribution is 0.0946. The number of piperidine rings is 1. The number of pyridine rings is 1. The van der Waals surface area contributed by atoms with Crippen LogP contribution in [0.15, 0.2) is 54.7 Å². The average Bonchev–Trinajstić information content (AvgIpc) is 3.24. The molecule has 28 heavy (non-hydrogen) atoms. The van der Waals surface area contributed by atoms with Crippen molar-refractivity contribution < 1.29 is 4.79 Å². The second-order valence-corrected chi connectivity index (χ2v) is 7.41. The van der Waals surface area contributed by atoms with E-state index in [9.17, 15) is 4.79 Å². The van der Waals surface area contributed by atoms with Crippen LogP contribution in [0.3, 0.4) is 0 Å². The van der Waals surface area contributed by atoms with Gasteiger partial charge in [-0.25, -0.2) is 4.98 Å². The van der Waals surface area contributed by atoms with Crippen LogP contribution in [-0.2, 0) is 6.54 Å². The van der Waals surface area contributed by atoms with E-state index in [4.69, 9.17) is 0 Å². The van der Waals surface area contributed by atoms with E-state index in [1.807, 2.05) is 48.7 Å². The Morgan fingerprint density at radius 1 is 1.18 bits per heavy atom. The van der Waals surface area contributed by atoms with Gasteiger partial charge in [-0.1, -0.05) is 43.3 Å². The standard InChI is InChI=1S/C22H25N5O/c1-16-9-11-27(12-10-16)21-8-7-17(14-23-21)15-24-22(28)20-13-19(25-26-20)18-5-3-2-4-6-18/h2-8,13-14,16H,9-12,15H2,1H3,(H,24,28)(H,25,26). The highest BCUT2D eigenvalue weighted by molar-refractivity contribution is 5.93. The van der Waals surface area contributed by atoms with Crippen LogP contribution in [0.5, 0.6) is 0 Å². The molecular weight excluding hydrogens is 350 g/mol. The van der Waals surface area contributed by atoms with Gasteiger partial charge in [-0.15, -0.1) is 0 Å². The van der Waals surface area contributed by atoms with Crippen molar-refractivity contribution in [2.75, 3.05) is 18.0 Å². The number of anilines is 1. The highest BCUT2D eigenvalue weighted by atomic mass is 16.1. The molecule has 1 fully saturated rings. The molecule has 3 heterocycles. The molecule has 1 aliphatic heterocycles. The lowest BCUT2D eigenvalue weighted by Crippen LogP contribution is -2.33. The van der Waals surface area contributed by atoms with Crippen LogP contribution in [0, 0.1) is 5.92 Å². The zero-order valence-corrected chi connectivity index (χ0v) is 16.1. The molecule has 1 amide bonds. The number of rotatable bonds is 5. The summed E-state index contributed by atoms with van der Waals surface area (Å²) < 4.78 is 0. The number of aromatic nitrogens is 3. The Kier molecular flexibility index (Phi) is 5.37. The number of carbonyl (C=O) groups excluding carboxylic acids is 1. The van der Waals surface area contributed by atoms with Gasteiger partial charge in [-0.3, -0.25) is 9.89 Å². The van der Waals surface area contributed by atoms with Crippen molar-refractivity contribution in [3.63, 3.8) is 0 Å². The van der Waals surface area contributed by atoms with E-state index in [0.29, 0.717) is 12.2 Å². The quantitative estimate of drug-likeness (QED) is 0.714. The van der Waals surface area contributed by atoms with E-state index >= 15 is 0 Å². The molecule has 0 aliphatic carbocycles. The van der Waals surface area contributed by atoms with E-state index in [1.165, 1.54) is 12.8 Å². The SMILES string of the molecule is CC1CCN(c2ccc(CNC(=O)c3cc(-c4ccccc4)n[nH]3)cn2)CC1. The van der Waals surface area contributed by atoms with Crippen molar-refractivity contribution in [3.05, 3.63) is 66.0 Å². The highest BCUT2D eigenvalue weighted by Crippen LogP contribution is 2.21. The van der Waals surface area contributed by atoms with Crippen LogP contribution in [0.4, 0.5) is 5.82 Å². The van der Waals surface area contributed by atoms with Gasteiger partial charge in [0.25, 0.3) is 5.91 Å². The highest BCUT2D eigenvalue weighted by Gasteiger charge is 2.17. The molecule has 6 nitrogen and oxygen atoms in total. The summed E-state index contributed by atoms with van der Waals surface area (Å²) in [6.45, 7) is 4.86. The van der Waals surface area contributed by atoms with Crippen molar-refractivity contribution in [2.24, 2.45) is 5.92 Å². The summed E-state index contributed by atoms with van der Waals surface area (Å²) in [4.78, 5) is 19.3. The maximum absolute atomic E-state index is 12.4. The molecule has 4 rings (SSSR count). The number of benzene rings is 1. The molecule has 1 aromatic carbocycles. The number of nitrogens with one attached hydrogen (secondary N) is 2. The van der Waals surface area contributed by atoms with Crippen molar-refractivity contribution >= 4 is 11.7 Å². The first-order valence-corrected chi connectivity index (χ1v) is 9.78. The van der Waals surface area contributed by atoms with Crippen LogP contribution in [0.2, 0.25) is 0 Å². The molecule has 1 aliphatic rings. The van der Waals surface area contributed by atoms with Crippen LogP contribution in [0.1, 0.15) is 35.8 Å². The minimum atomic E-state index is -0.177. The average molecular weight is 375 g/mol. The predicted molar refractivity (Wildman–Crippen MR) is 110 cm³/mol. The monoisotopic (exact) mass is 375 g/mol. The third kappa shape index (κ3) is 4.22. The molecule has 0 bridgehead atoms. The summed E-state index contributed by atoms with van der Waals surface area (Å²) in [7, 11) is 0. The Morgan fingerprint density at radius 3 is 2.68 bits per heavy atom. The zero-order chi connectivity index (χ0) is 19.3. The second kappa shape index (κ2) is 8.25. The number of hydrogen-bond acceptors (Lipinski definition) is 4. The summed E-state index contributed by atoms with van der Waals surface area (Å²) in [5.74, 6) is 1.64. The summed E-state index contributed by atoms with van der Waals surface area (Å²) >= 11 is 0. The largest absolute Gasteiger partial charge is 0.357 e. The van der Waals surface area contributed by atoms with Crippen LogP contribution in [-0.4, -0.2) is 34.2 Å². The molecular formula is C22H25N5O. The number of H-pyrrole nitrogens is 1. The van der Waals surface area contributed by atoms with Gasteiger partial charge >= 0.3 is 0 Å². The van der Waals surface area contributed by atoms with Crippen molar-refractivity contribution in [1.29, 1.82) is 0 Å². The lowest BCUT2D eigenvalue weighted by atomic mass is 9.99. The Hall–Kier alpha value is -3.15. The normalized spacial score (nSPS) is 14.8. The van der Waals surface area contributed by atoms with E-state index < -0.39 is 0 Å². The molecule has 0 unspecified atom stereocenters. The first-order chi connectivity index (χ1) is 13.7. The number of nitrogens with zero attached hydrogens (tertiary/aromatic N) is 3. The third-order valence-electron chi connectivity index (χ3n) is 5.26. The summed E-state index contributed by atoms with van der Waals surface area (Å²) in [6, 6.07) is 15.6. The molecule has 0 spiro atoms. The Morgan fingerprint density at radius 2 is 1.96 bits per heavy atom. The van der Waals surface area contributed by atoms with Gasteiger partial charge < -0.3 is 10.2 Å². The first kappa shape index (κ1) is 18.2. The fraction of sp³-hybridized carbons (Fsp3) is 0.318. The van der Waals surface area contributed by atoms with E-state index in [1.54, 1.807) is 6.07 Å². The zero-order valence-electron chi connectivity index (χ0n) is 16.1. The Labute approximate surface area is 165 Å². The molecule has 2 aromatic heterocycles. The molecule has 3 aromatic rings. The van der Waals surface area contributed by atoms with Crippen LogP contribution in [0.25, 0.3) is 11.3 Å². The molecule has 2 N–H and O–H groups in total. The van der Waals surface area contributed by atoms with Crippen LogP contribution >= 0.6 is 0 Å². The number of hydrogen-bond donors (Lipinski definition) is 2. The van der Waals surface area contributed by atoms with Gasteiger partial charge in [-0.2, -0.15) is 5.10 Å². The van der Waals surface area contributed by atoms with Gasteiger partial charge in [0.05, 0.1) is 5.69 Å². The molecule has 144 valence electrons. The Bertz CT molecular complexity index is 912. The maximum Gasteiger partial charge on any atom is 0.269 e. The smallest absolute Gasteiger partial charge is 0.269 e. The molecule has 0 atom stereocenters. The second-order valence-electron chi connectivity index (χ2n) is 7.41. The molecule has 1 saturated heterocycles. The van der Waals surface area contributed by atoms with E-state index in [0.717, 1.165) is 41.6 Å². The molecule has 0 saturated carbocycles. The molecule has 6 heteroatoms. The summed E-state index contributed by atoms with van der Waals surface area (Å²) in [6.07, 6.45) is 4.28. The summed E-state index contributed by atoms with van der Waals surface area (Å²) in [5.41, 5.74) is 3.16. The van der Waals surface area contributed by atoms with Gasteiger partial charge in [-0.05, 0) is 36.5 Å². The number of aromatic amines is 1. The van der Waals surface area contributed by atoms with E-state index in [-0.39, 0.29) is 5.91 Å². The maximum atomic E-state index is 12.4. The summed E-state index contributed by atoms with van der Waals surface area (Å²) in [5, 5.41) is 9.96. The fourth-order valence-corrected chi connectivity index (χ4v) is 3.42. The van der Waals surface area contributed by atoms with E-state index in [2.05, 4.69) is 32.3 Å². The Balaban J connectivity index is 1.33. The minimum Gasteiger partial charge on any atom is -0.357 e. The molecule has 0 radical (unpaired) electrons. The van der Waals surface area contributed by atoms with Crippen molar-refractivity contribution in [3.8, 4) is 11.3 Å². The van der Waals surface area contributed by atoms with Crippen molar-refractivity contribution in [2.45, 2.75) is 26.3 Å².